The Morgan fingerprint density at radius 3 is 2.83 bits per heavy atom. The molecule has 3 rings (SSSR count). The number of aliphatic hydroxyl groups excluding tert-OH is 1. The third kappa shape index (κ3) is 6.15. The molecule has 0 radical (unpaired) electrons. The van der Waals surface area contributed by atoms with E-state index in [0.717, 1.165) is 19.2 Å². The van der Waals surface area contributed by atoms with E-state index in [4.69, 9.17) is 9.84 Å². The molecule has 1 aliphatic rings. The molecule has 1 fully saturated rings. The first-order valence-electron chi connectivity index (χ1n) is 9.22. The zero-order valence-electron chi connectivity index (χ0n) is 16.1. The zero-order valence-corrected chi connectivity index (χ0v) is 17.8. The van der Waals surface area contributed by atoms with Gasteiger partial charge in [-0.1, -0.05) is 0 Å². The molecule has 0 amide bonds. The number of nitrogens with zero attached hydrogens (tertiary/aromatic N) is 1. The average molecular weight is 449 g/mol. The van der Waals surface area contributed by atoms with Crippen molar-refractivity contribution in [3.8, 4) is 5.75 Å². The summed E-state index contributed by atoms with van der Waals surface area (Å²) in [4.78, 5) is 15.2. The van der Waals surface area contributed by atoms with Gasteiger partial charge in [0, 0.05) is 17.4 Å². The third-order valence-electron chi connectivity index (χ3n) is 5.41. The van der Waals surface area contributed by atoms with Gasteiger partial charge in [0.05, 0.1) is 24.9 Å². The van der Waals surface area contributed by atoms with Gasteiger partial charge >= 0.3 is 5.97 Å². The number of nitrogens with one attached hydrogen (secondary N) is 1. The molecule has 1 saturated heterocycles. The maximum Gasteiger partial charge on any atom is 0.303 e. The van der Waals surface area contributed by atoms with Crippen LogP contribution in [-0.2, 0) is 4.79 Å². The number of aromatic nitrogens is 1. The van der Waals surface area contributed by atoms with E-state index in [9.17, 15) is 14.3 Å². The Morgan fingerprint density at radius 1 is 1.38 bits per heavy atom. The van der Waals surface area contributed by atoms with Gasteiger partial charge in [-0.2, -0.15) is 0 Å². The Balaban J connectivity index is 0.00000210. The molecule has 3 atom stereocenters. The van der Waals surface area contributed by atoms with Crippen LogP contribution in [0.3, 0.4) is 0 Å². The molecule has 0 saturated carbocycles. The van der Waals surface area contributed by atoms with Gasteiger partial charge in [0.2, 0.25) is 0 Å². The lowest BCUT2D eigenvalue weighted by atomic mass is 9.80. The van der Waals surface area contributed by atoms with Crippen LogP contribution in [-0.4, -0.2) is 41.4 Å². The second kappa shape index (κ2) is 11.5. The second-order valence-electron chi connectivity index (χ2n) is 7.11. The van der Waals surface area contributed by atoms with Crippen molar-refractivity contribution in [1.29, 1.82) is 0 Å². The Hall–Kier alpha value is -1.67. The number of carboxylic acids is 1. The van der Waals surface area contributed by atoms with Gasteiger partial charge in [-0.25, -0.2) is 4.39 Å². The van der Waals surface area contributed by atoms with Crippen LogP contribution in [0.5, 0.6) is 5.75 Å². The van der Waals surface area contributed by atoms with Crippen molar-refractivity contribution in [2.24, 2.45) is 11.8 Å². The summed E-state index contributed by atoms with van der Waals surface area (Å²) in [5.74, 6) is -0.559. The third-order valence-corrected chi connectivity index (χ3v) is 5.41. The fraction of sp³-hybridized carbons (Fsp3) is 0.500. The number of aliphatic carboxylic acids is 1. The number of hydrogen-bond donors (Lipinski definition) is 3. The summed E-state index contributed by atoms with van der Waals surface area (Å²) in [6.45, 7) is 1.50. The van der Waals surface area contributed by atoms with Crippen LogP contribution < -0.4 is 10.1 Å². The minimum Gasteiger partial charge on any atom is -0.497 e. The molecule has 2 heterocycles. The zero-order chi connectivity index (χ0) is 19.4. The van der Waals surface area contributed by atoms with E-state index in [1.54, 1.807) is 18.2 Å². The van der Waals surface area contributed by atoms with Crippen molar-refractivity contribution >= 4 is 41.7 Å². The SMILES string of the molecule is COc1ccc2ncc(F)c(C(O)CCC3CCNCC3CC(=O)O)c2c1.Cl.Cl. The minimum absolute atomic E-state index is 0. The molecule has 9 heteroatoms. The van der Waals surface area contributed by atoms with Crippen LogP contribution in [0.25, 0.3) is 10.9 Å². The molecule has 1 aromatic heterocycles. The molecule has 0 bridgehead atoms. The normalized spacial score (nSPS) is 19.7. The van der Waals surface area contributed by atoms with E-state index < -0.39 is 17.9 Å². The first-order chi connectivity index (χ1) is 13.0. The second-order valence-corrected chi connectivity index (χ2v) is 7.11. The molecule has 3 unspecified atom stereocenters. The minimum atomic E-state index is -0.983. The summed E-state index contributed by atoms with van der Waals surface area (Å²) in [7, 11) is 1.53. The lowest BCUT2D eigenvalue weighted by molar-refractivity contribution is -0.138. The van der Waals surface area contributed by atoms with E-state index in [1.165, 1.54) is 7.11 Å². The van der Waals surface area contributed by atoms with E-state index >= 15 is 0 Å². The monoisotopic (exact) mass is 448 g/mol. The number of pyridine rings is 1. The summed E-state index contributed by atoms with van der Waals surface area (Å²) < 4.78 is 19.7. The van der Waals surface area contributed by atoms with E-state index in [2.05, 4.69) is 10.3 Å². The maximum absolute atomic E-state index is 14.5. The summed E-state index contributed by atoms with van der Waals surface area (Å²) in [5, 5.41) is 23.6. The fourth-order valence-electron chi connectivity index (χ4n) is 3.97. The Bertz CT molecular complexity index is 824. The first-order valence-corrected chi connectivity index (χ1v) is 9.22. The first kappa shape index (κ1) is 25.4. The highest BCUT2D eigenvalue weighted by Crippen LogP contribution is 2.34. The van der Waals surface area contributed by atoms with Crippen LogP contribution in [0.1, 0.15) is 37.4 Å². The van der Waals surface area contributed by atoms with Crippen molar-refractivity contribution in [2.45, 2.75) is 31.8 Å². The molecule has 1 aliphatic heterocycles. The number of rotatable bonds is 7. The number of ether oxygens (including phenoxy) is 1. The molecule has 29 heavy (non-hydrogen) atoms. The summed E-state index contributed by atoms with van der Waals surface area (Å²) in [5.41, 5.74) is 0.819. The Kier molecular flexibility index (Phi) is 10.1. The van der Waals surface area contributed by atoms with Crippen molar-refractivity contribution in [3.63, 3.8) is 0 Å². The smallest absolute Gasteiger partial charge is 0.303 e. The topological polar surface area (TPSA) is 91.7 Å². The van der Waals surface area contributed by atoms with Crippen LogP contribution in [0.4, 0.5) is 4.39 Å². The highest BCUT2D eigenvalue weighted by molar-refractivity contribution is 5.86. The average Bonchev–Trinajstić information content (AvgIpc) is 2.66. The fourth-order valence-corrected chi connectivity index (χ4v) is 3.97. The number of aliphatic hydroxyl groups is 1. The van der Waals surface area contributed by atoms with Crippen molar-refractivity contribution in [3.05, 3.63) is 35.8 Å². The molecule has 2 aromatic rings. The number of piperidine rings is 1. The van der Waals surface area contributed by atoms with Crippen LogP contribution >= 0.6 is 24.8 Å². The molecule has 0 aliphatic carbocycles. The number of halogens is 3. The molecule has 1 aromatic carbocycles. The number of hydrogen-bond acceptors (Lipinski definition) is 5. The molecular weight excluding hydrogens is 422 g/mol. The van der Waals surface area contributed by atoms with Gasteiger partial charge in [0.25, 0.3) is 0 Å². The molecular formula is C20H27Cl2FN2O4. The molecule has 6 nitrogen and oxygen atoms in total. The van der Waals surface area contributed by atoms with Crippen LogP contribution in [0.15, 0.2) is 24.4 Å². The maximum atomic E-state index is 14.5. The standard InChI is InChI=1S/C20H25FN2O4.2ClH/c1-27-14-3-4-17-15(9-14)20(16(21)11-23-17)18(24)5-2-12-6-7-22-10-13(12)8-19(25)26;;/h3-4,9,11-13,18,22,24H,2,5-8,10H2,1H3,(H,25,26);2*1H. The summed E-state index contributed by atoms with van der Waals surface area (Å²) >= 11 is 0. The lowest BCUT2D eigenvalue weighted by Crippen LogP contribution is -2.37. The summed E-state index contributed by atoms with van der Waals surface area (Å²) in [6.07, 6.45) is 2.13. The number of carboxylic acid groups (broad SMARTS) is 1. The number of benzene rings is 1. The molecule has 162 valence electrons. The predicted molar refractivity (Wildman–Crippen MR) is 114 cm³/mol. The molecule has 3 N–H and O–H groups in total. The van der Waals surface area contributed by atoms with Crippen molar-refractivity contribution in [2.75, 3.05) is 20.2 Å². The molecule has 0 spiro atoms. The largest absolute Gasteiger partial charge is 0.497 e. The quantitative estimate of drug-likeness (QED) is 0.597. The van der Waals surface area contributed by atoms with E-state index in [-0.39, 0.29) is 48.6 Å². The number of carbonyl (C=O) groups is 1. The van der Waals surface area contributed by atoms with E-state index in [1.807, 2.05) is 0 Å². The van der Waals surface area contributed by atoms with Crippen molar-refractivity contribution < 1.29 is 24.1 Å². The van der Waals surface area contributed by atoms with Gasteiger partial charge in [-0.15, -0.1) is 24.8 Å². The van der Waals surface area contributed by atoms with Gasteiger partial charge in [-0.3, -0.25) is 9.78 Å². The highest BCUT2D eigenvalue weighted by atomic mass is 35.5. The van der Waals surface area contributed by atoms with E-state index in [0.29, 0.717) is 36.0 Å². The summed E-state index contributed by atoms with van der Waals surface area (Å²) in [6, 6.07) is 5.16. The van der Waals surface area contributed by atoms with Gasteiger partial charge < -0.3 is 20.3 Å². The predicted octanol–water partition coefficient (Wildman–Crippen LogP) is 3.74. The van der Waals surface area contributed by atoms with Gasteiger partial charge in [0.1, 0.15) is 11.6 Å². The van der Waals surface area contributed by atoms with Crippen molar-refractivity contribution in [1.82, 2.24) is 10.3 Å². The lowest BCUT2D eigenvalue weighted by Gasteiger charge is -2.32. The van der Waals surface area contributed by atoms with Crippen LogP contribution in [0.2, 0.25) is 0 Å². The van der Waals surface area contributed by atoms with Gasteiger partial charge in [0.15, 0.2) is 0 Å². The number of methoxy groups -OCH3 is 1. The Morgan fingerprint density at radius 2 is 2.14 bits per heavy atom. The highest BCUT2D eigenvalue weighted by Gasteiger charge is 2.28. The van der Waals surface area contributed by atoms with Gasteiger partial charge in [-0.05, 0) is 62.4 Å². The van der Waals surface area contributed by atoms with Crippen LogP contribution in [0, 0.1) is 17.7 Å². The Labute approximate surface area is 181 Å². The number of fused-ring (bicyclic) bond motifs is 1.